The number of anilines is 1. The maximum absolute atomic E-state index is 14.0. The van der Waals surface area contributed by atoms with E-state index in [1.807, 2.05) is 71.9 Å². The lowest BCUT2D eigenvalue weighted by Crippen LogP contribution is -2.57. The SMILES string of the molecule is Cc1ccc(C)c(C(C(=O)Nc2c(C)cccc2Cl)N(C(=O)C(C)NC(=O)OC(C)(C)C)C(C)(C)C)c1. The summed E-state index contributed by atoms with van der Waals surface area (Å²) in [5, 5.41) is 5.99. The molecule has 7 nitrogen and oxygen atoms in total. The highest BCUT2D eigenvalue weighted by Gasteiger charge is 2.41. The van der Waals surface area contributed by atoms with Crippen molar-refractivity contribution >= 4 is 35.2 Å². The minimum atomic E-state index is -0.994. The maximum Gasteiger partial charge on any atom is 0.408 e. The minimum Gasteiger partial charge on any atom is -0.444 e. The molecule has 2 atom stereocenters. The normalized spacial score (nSPS) is 13.4. The quantitative estimate of drug-likeness (QED) is 0.448. The van der Waals surface area contributed by atoms with Crippen LogP contribution in [0.1, 0.15) is 76.8 Å². The van der Waals surface area contributed by atoms with Gasteiger partial charge in [0.15, 0.2) is 0 Å². The third-order valence-corrected chi connectivity index (χ3v) is 6.08. The molecule has 0 aliphatic heterocycles. The number of alkyl carbamates (subject to hydrolysis) is 1. The lowest BCUT2D eigenvalue weighted by molar-refractivity contribution is -0.146. The molecule has 2 aromatic rings. The first-order valence-corrected chi connectivity index (χ1v) is 12.8. The standard InChI is InChI=1S/C29H40ClN3O4/c1-17-14-15-18(2)21(16-17)24(25(34)32-23-19(3)12-11-13-22(23)30)33(28(5,6)7)26(35)20(4)31-27(36)37-29(8,9)10/h11-16,20,24H,1-10H3,(H,31,36)(H,32,34). The summed E-state index contributed by atoms with van der Waals surface area (Å²) in [6.07, 6.45) is -0.707. The lowest BCUT2D eigenvalue weighted by Gasteiger charge is -2.43. The van der Waals surface area contributed by atoms with Crippen molar-refractivity contribution in [3.63, 3.8) is 0 Å². The molecule has 2 aromatic carbocycles. The Morgan fingerprint density at radius 1 is 0.946 bits per heavy atom. The predicted octanol–water partition coefficient (Wildman–Crippen LogP) is 6.49. The van der Waals surface area contributed by atoms with E-state index in [2.05, 4.69) is 10.6 Å². The fourth-order valence-electron chi connectivity index (χ4n) is 4.03. The Labute approximate surface area is 225 Å². The fraction of sp³-hybridized carbons (Fsp3) is 0.483. The molecule has 0 saturated carbocycles. The van der Waals surface area contributed by atoms with Crippen molar-refractivity contribution in [2.24, 2.45) is 0 Å². The molecule has 37 heavy (non-hydrogen) atoms. The van der Waals surface area contributed by atoms with E-state index in [1.165, 1.54) is 4.90 Å². The zero-order valence-electron chi connectivity index (χ0n) is 23.6. The van der Waals surface area contributed by atoms with E-state index in [0.29, 0.717) is 16.3 Å². The van der Waals surface area contributed by atoms with Crippen LogP contribution in [0.15, 0.2) is 36.4 Å². The molecule has 2 unspecified atom stereocenters. The average Bonchev–Trinajstić information content (AvgIpc) is 2.73. The molecule has 0 saturated heterocycles. The van der Waals surface area contributed by atoms with E-state index in [0.717, 1.165) is 16.7 Å². The summed E-state index contributed by atoms with van der Waals surface area (Å²) in [5.41, 5.74) is 2.29. The Morgan fingerprint density at radius 2 is 1.57 bits per heavy atom. The molecular formula is C29H40ClN3O4. The van der Waals surface area contributed by atoms with Crippen molar-refractivity contribution < 1.29 is 19.1 Å². The second kappa shape index (κ2) is 11.5. The van der Waals surface area contributed by atoms with Gasteiger partial charge in [-0.1, -0.05) is 47.5 Å². The van der Waals surface area contributed by atoms with Crippen LogP contribution in [-0.2, 0) is 14.3 Å². The van der Waals surface area contributed by atoms with Crippen molar-refractivity contribution in [2.45, 2.75) is 92.5 Å². The van der Waals surface area contributed by atoms with Gasteiger partial charge in [0.05, 0.1) is 10.7 Å². The number of benzene rings is 2. The number of nitrogens with zero attached hydrogens (tertiary/aromatic N) is 1. The van der Waals surface area contributed by atoms with Crippen LogP contribution in [0, 0.1) is 20.8 Å². The molecule has 0 aliphatic rings. The highest BCUT2D eigenvalue weighted by molar-refractivity contribution is 6.34. The van der Waals surface area contributed by atoms with Crippen LogP contribution in [0.3, 0.4) is 0 Å². The molecule has 0 radical (unpaired) electrons. The van der Waals surface area contributed by atoms with Crippen LogP contribution >= 0.6 is 11.6 Å². The number of carbonyl (C=O) groups is 3. The first-order chi connectivity index (χ1) is 16.9. The number of hydrogen-bond donors (Lipinski definition) is 2. The molecule has 0 bridgehead atoms. The number of para-hydroxylation sites is 1. The Balaban J connectivity index is 2.60. The second-order valence-corrected chi connectivity index (χ2v) is 11.8. The number of hydrogen-bond acceptors (Lipinski definition) is 4. The van der Waals surface area contributed by atoms with Gasteiger partial charge in [-0.05, 0) is 92.0 Å². The summed E-state index contributed by atoms with van der Waals surface area (Å²) in [4.78, 5) is 41.9. The van der Waals surface area contributed by atoms with Crippen LogP contribution in [0.5, 0.6) is 0 Å². The average molecular weight is 530 g/mol. The second-order valence-electron chi connectivity index (χ2n) is 11.4. The Kier molecular flexibility index (Phi) is 9.42. The van der Waals surface area contributed by atoms with Crippen LogP contribution in [0.4, 0.5) is 10.5 Å². The summed E-state index contributed by atoms with van der Waals surface area (Å²) in [5.74, 6) is -0.826. The van der Waals surface area contributed by atoms with Crippen LogP contribution in [0.2, 0.25) is 5.02 Å². The van der Waals surface area contributed by atoms with Gasteiger partial charge in [0, 0.05) is 5.54 Å². The third kappa shape index (κ3) is 7.96. The molecule has 0 fully saturated rings. The van der Waals surface area contributed by atoms with Crippen LogP contribution < -0.4 is 10.6 Å². The highest BCUT2D eigenvalue weighted by atomic mass is 35.5. The molecule has 3 amide bonds. The summed E-state index contributed by atoms with van der Waals surface area (Å²) in [6, 6.07) is 9.23. The summed E-state index contributed by atoms with van der Waals surface area (Å²) >= 11 is 6.42. The van der Waals surface area contributed by atoms with E-state index >= 15 is 0 Å². The zero-order valence-corrected chi connectivity index (χ0v) is 24.3. The van der Waals surface area contributed by atoms with E-state index in [9.17, 15) is 14.4 Å². The number of aryl methyl sites for hydroxylation is 3. The Hall–Kier alpha value is -3.06. The van der Waals surface area contributed by atoms with Gasteiger partial charge in [0.1, 0.15) is 17.7 Å². The number of amides is 3. The van der Waals surface area contributed by atoms with Crippen molar-refractivity contribution in [1.82, 2.24) is 10.2 Å². The number of halogens is 1. The van der Waals surface area contributed by atoms with Crippen molar-refractivity contribution in [2.75, 3.05) is 5.32 Å². The number of carbonyl (C=O) groups excluding carboxylic acids is 3. The minimum absolute atomic E-state index is 0.404. The van der Waals surface area contributed by atoms with Crippen LogP contribution in [0.25, 0.3) is 0 Å². The Morgan fingerprint density at radius 3 is 2.11 bits per heavy atom. The van der Waals surface area contributed by atoms with E-state index < -0.39 is 41.1 Å². The van der Waals surface area contributed by atoms with Gasteiger partial charge in [0.25, 0.3) is 5.91 Å². The largest absolute Gasteiger partial charge is 0.444 e. The first kappa shape index (κ1) is 30.2. The molecule has 0 spiro atoms. The first-order valence-electron chi connectivity index (χ1n) is 12.4. The predicted molar refractivity (Wildman–Crippen MR) is 149 cm³/mol. The van der Waals surface area contributed by atoms with Crippen LogP contribution in [-0.4, -0.2) is 40.0 Å². The van der Waals surface area contributed by atoms with Crippen molar-refractivity contribution in [3.05, 3.63) is 63.7 Å². The van der Waals surface area contributed by atoms with Gasteiger partial charge >= 0.3 is 6.09 Å². The highest BCUT2D eigenvalue weighted by Crippen LogP contribution is 2.34. The number of rotatable bonds is 6. The maximum atomic E-state index is 14.0. The molecule has 2 rings (SSSR count). The smallest absolute Gasteiger partial charge is 0.408 e. The Bertz CT molecular complexity index is 1140. The summed E-state index contributed by atoms with van der Waals surface area (Å²) < 4.78 is 5.34. The van der Waals surface area contributed by atoms with Gasteiger partial charge in [-0.15, -0.1) is 0 Å². The summed E-state index contributed by atoms with van der Waals surface area (Å²) in [7, 11) is 0. The molecule has 0 aromatic heterocycles. The van der Waals surface area contributed by atoms with Gasteiger partial charge in [-0.2, -0.15) is 0 Å². The van der Waals surface area contributed by atoms with E-state index in [1.54, 1.807) is 33.8 Å². The molecule has 202 valence electrons. The van der Waals surface area contributed by atoms with Crippen molar-refractivity contribution in [3.8, 4) is 0 Å². The van der Waals surface area contributed by atoms with Gasteiger partial charge in [0.2, 0.25) is 5.91 Å². The van der Waals surface area contributed by atoms with Gasteiger partial charge in [-0.25, -0.2) is 4.79 Å². The number of ether oxygens (including phenoxy) is 1. The molecule has 0 heterocycles. The fourth-order valence-corrected chi connectivity index (χ4v) is 4.30. The third-order valence-electron chi connectivity index (χ3n) is 5.77. The molecule has 0 aliphatic carbocycles. The van der Waals surface area contributed by atoms with Crippen molar-refractivity contribution in [1.29, 1.82) is 0 Å². The molecular weight excluding hydrogens is 490 g/mol. The lowest BCUT2D eigenvalue weighted by atomic mass is 9.92. The van der Waals surface area contributed by atoms with Gasteiger partial charge < -0.3 is 20.3 Å². The van der Waals surface area contributed by atoms with Gasteiger partial charge in [-0.3, -0.25) is 9.59 Å². The number of nitrogens with one attached hydrogen (secondary N) is 2. The van der Waals surface area contributed by atoms with E-state index in [4.69, 9.17) is 16.3 Å². The topological polar surface area (TPSA) is 87.7 Å². The monoisotopic (exact) mass is 529 g/mol. The summed E-state index contributed by atoms with van der Waals surface area (Å²) in [6.45, 7) is 18.1. The molecule has 2 N–H and O–H groups in total. The molecule has 8 heteroatoms. The zero-order chi connectivity index (χ0) is 28.3. The van der Waals surface area contributed by atoms with E-state index in [-0.39, 0.29) is 0 Å².